The topological polar surface area (TPSA) is 204 Å². The molecule has 0 aliphatic rings. The van der Waals surface area contributed by atoms with Crippen LogP contribution in [0.3, 0.4) is 0 Å². The van der Waals surface area contributed by atoms with Crippen LogP contribution in [0.25, 0.3) is 0 Å². The van der Waals surface area contributed by atoms with Crippen LogP contribution in [0.5, 0.6) is 0 Å². The lowest BCUT2D eigenvalue weighted by Crippen LogP contribution is -2.56. The molecule has 13 nitrogen and oxygen atoms in total. The van der Waals surface area contributed by atoms with E-state index in [-0.39, 0.29) is 18.3 Å². The van der Waals surface area contributed by atoms with E-state index in [0.717, 1.165) is 28.3 Å². The summed E-state index contributed by atoms with van der Waals surface area (Å²) in [6.45, 7) is 4.75. The molecule has 198 valence electrons. The lowest BCUT2D eigenvalue weighted by atomic mass is 10.0. The Balaban J connectivity index is 2.71. The zero-order valence-corrected chi connectivity index (χ0v) is 21.0. The lowest BCUT2D eigenvalue weighted by Gasteiger charge is -2.24. The van der Waals surface area contributed by atoms with E-state index in [1.54, 1.807) is 38.1 Å². The number of amides is 3. The minimum absolute atomic E-state index is 0.0108. The number of ketones is 1. The van der Waals surface area contributed by atoms with Crippen molar-refractivity contribution in [2.45, 2.75) is 51.9 Å². The Hall–Kier alpha value is -3.65. The molecule has 3 atom stereocenters. The molecule has 0 aliphatic carbocycles. The lowest BCUT2D eigenvalue weighted by molar-refractivity contribution is -0.140. The molecule has 3 amide bonds. The van der Waals surface area contributed by atoms with Gasteiger partial charge in [-0.3, -0.25) is 24.6 Å². The second-order valence-corrected chi connectivity index (χ2v) is 9.01. The van der Waals surface area contributed by atoms with E-state index in [1.165, 1.54) is 6.92 Å². The number of benzene rings is 1. The quantitative estimate of drug-likeness (QED) is 0.0612. The zero-order chi connectivity index (χ0) is 27.3. The molecule has 0 saturated heterocycles. The third kappa shape index (κ3) is 11.2. The van der Waals surface area contributed by atoms with Crippen molar-refractivity contribution >= 4 is 47.9 Å². The molecule has 0 aromatic heterocycles. The number of nitrogens with zero attached hydrogens (tertiary/aromatic N) is 1. The fourth-order valence-electron chi connectivity index (χ4n) is 2.79. The number of hydrogen-bond donors (Lipinski definition) is 6. The van der Waals surface area contributed by atoms with Crippen LogP contribution in [0.4, 0.5) is 4.79 Å². The van der Waals surface area contributed by atoms with E-state index in [1.807, 2.05) is 6.07 Å². The highest BCUT2D eigenvalue weighted by atomic mass is 32.2. The first-order valence-electron chi connectivity index (χ1n) is 10.9. The van der Waals surface area contributed by atoms with Crippen LogP contribution in [0, 0.1) is 11.3 Å². The number of hydrazine groups is 1. The van der Waals surface area contributed by atoms with Crippen LogP contribution in [-0.2, 0) is 30.5 Å². The predicted molar refractivity (Wildman–Crippen MR) is 132 cm³/mol. The Bertz CT molecular complexity index is 931. The van der Waals surface area contributed by atoms with Crippen LogP contribution < -0.4 is 21.8 Å². The molecule has 36 heavy (non-hydrogen) atoms. The molecule has 0 bridgehead atoms. The summed E-state index contributed by atoms with van der Waals surface area (Å²) in [6, 6.07) is 5.44. The zero-order valence-electron chi connectivity index (χ0n) is 20.2. The number of nitrogens with one attached hydrogen (secondary N) is 4. The highest BCUT2D eigenvalue weighted by Crippen LogP contribution is 2.07. The van der Waals surface area contributed by atoms with Crippen LogP contribution in [0.15, 0.2) is 30.3 Å². The number of carboxylic acid groups (broad SMARTS) is 1. The number of alkyl carbamates (subject to hydrolysis) is 1. The molecule has 1 aromatic rings. The van der Waals surface area contributed by atoms with E-state index in [9.17, 15) is 24.0 Å². The van der Waals surface area contributed by atoms with Gasteiger partial charge in [0.1, 0.15) is 25.0 Å². The molecular formula is C22H32N6O7S. The van der Waals surface area contributed by atoms with Crippen molar-refractivity contribution < 1.29 is 33.8 Å². The highest BCUT2D eigenvalue weighted by molar-refractivity contribution is 7.98. The van der Waals surface area contributed by atoms with Gasteiger partial charge >= 0.3 is 12.1 Å². The maximum Gasteiger partial charge on any atom is 0.408 e. The third-order valence-corrected chi connectivity index (χ3v) is 5.57. The summed E-state index contributed by atoms with van der Waals surface area (Å²) < 4.78 is 6.00. The Morgan fingerprint density at radius 1 is 1.08 bits per heavy atom. The Labute approximate surface area is 213 Å². The number of rotatable bonds is 15. The summed E-state index contributed by atoms with van der Waals surface area (Å²) in [5.74, 6) is 1.34. The standard InChI is InChI=1S/C22H32N6O7S/c1-13(2)19(27-22(34)35-10-15-7-5-4-6-8-15)21(33)25-14(3)20(32)26-16(9-18(30)31)17(29)11-36-28(24)12-23/h4-8,12-14,16,19,23H,9-11,24H2,1-3H3,(H,25,33)(H,26,32)(H,27,34)(H,30,31)/t14-,16-,19-/m0/s1. The van der Waals surface area contributed by atoms with Gasteiger partial charge in [-0.1, -0.05) is 44.2 Å². The molecule has 0 saturated carbocycles. The number of carboxylic acids is 1. The van der Waals surface area contributed by atoms with Crippen molar-refractivity contribution in [3.63, 3.8) is 0 Å². The van der Waals surface area contributed by atoms with Gasteiger partial charge in [-0.2, -0.15) is 0 Å². The summed E-state index contributed by atoms with van der Waals surface area (Å²) in [5, 5.41) is 23.3. The van der Waals surface area contributed by atoms with E-state index >= 15 is 0 Å². The summed E-state index contributed by atoms with van der Waals surface area (Å²) >= 11 is 0.754. The van der Waals surface area contributed by atoms with E-state index in [2.05, 4.69) is 16.0 Å². The number of carbonyl (C=O) groups is 5. The monoisotopic (exact) mass is 524 g/mol. The maximum absolute atomic E-state index is 12.8. The minimum atomic E-state index is -1.37. The van der Waals surface area contributed by atoms with Gasteiger partial charge in [0.2, 0.25) is 11.8 Å². The molecule has 0 spiro atoms. The second kappa shape index (κ2) is 15.4. The number of ether oxygens (including phenoxy) is 1. The molecule has 7 N–H and O–H groups in total. The SMILES string of the molecule is CC(C)[C@H](NC(=O)OCc1ccccc1)C(=O)N[C@@H](C)C(=O)N[C@@H](CC(=O)O)C(=O)CSN(N)C=N. The molecule has 0 aliphatic heterocycles. The first-order chi connectivity index (χ1) is 16.9. The molecule has 1 aromatic carbocycles. The smallest absolute Gasteiger partial charge is 0.408 e. The van der Waals surface area contributed by atoms with Crippen molar-refractivity contribution in [1.82, 2.24) is 20.4 Å². The van der Waals surface area contributed by atoms with Crippen LogP contribution in [-0.4, -0.2) is 69.4 Å². The van der Waals surface area contributed by atoms with Crippen LogP contribution in [0.2, 0.25) is 0 Å². The van der Waals surface area contributed by atoms with Gasteiger partial charge in [-0.05, 0) is 30.4 Å². The number of carbonyl (C=O) groups excluding carboxylic acids is 4. The van der Waals surface area contributed by atoms with Gasteiger partial charge in [0.25, 0.3) is 0 Å². The summed E-state index contributed by atoms with van der Waals surface area (Å²) in [4.78, 5) is 61.0. The number of Topliss-reactive ketones (excluding diaryl/α,β-unsaturated/α-hetero) is 1. The van der Waals surface area contributed by atoms with Gasteiger partial charge in [0.15, 0.2) is 5.78 Å². The second-order valence-electron chi connectivity index (χ2n) is 8.05. The van der Waals surface area contributed by atoms with Gasteiger partial charge in [-0.15, -0.1) is 0 Å². The van der Waals surface area contributed by atoms with Crippen molar-refractivity contribution in [3.05, 3.63) is 35.9 Å². The van der Waals surface area contributed by atoms with Crippen molar-refractivity contribution in [2.75, 3.05) is 5.75 Å². The average Bonchev–Trinajstić information content (AvgIpc) is 2.83. The molecule has 0 fully saturated rings. The van der Waals surface area contributed by atoms with Gasteiger partial charge < -0.3 is 25.8 Å². The van der Waals surface area contributed by atoms with E-state index in [4.69, 9.17) is 21.1 Å². The summed E-state index contributed by atoms with van der Waals surface area (Å²) in [7, 11) is 0. The molecule has 1 rings (SSSR count). The predicted octanol–water partition coefficient (Wildman–Crippen LogP) is 0.402. The summed E-state index contributed by atoms with van der Waals surface area (Å²) in [5.41, 5.74) is 0.768. The minimum Gasteiger partial charge on any atom is -0.481 e. The molecule has 0 heterocycles. The Morgan fingerprint density at radius 2 is 1.72 bits per heavy atom. The number of aliphatic carboxylic acids is 1. The van der Waals surface area contributed by atoms with Crippen molar-refractivity contribution in [2.24, 2.45) is 11.8 Å². The first kappa shape index (κ1) is 30.4. The van der Waals surface area contributed by atoms with Crippen LogP contribution >= 0.6 is 11.9 Å². The molecular weight excluding hydrogens is 492 g/mol. The third-order valence-electron chi connectivity index (χ3n) is 4.75. The molecule has 14 heteroatoms. The van der Waals surface area contributed by atoms with Gasteiger partial charge in [0.05, 0.1) is 18.2 Å². The first-order valence-corrected chi connectivity index (χ1v) is 11.9. The average molecular weight is 525 g/mol. The largest absolute Gasteiger partial charge is 0.481 e. The van der Waals surface area contributed by atoms with E-state index < -0.39 is 54.2 Å². The number of hydrogen-bond acceptors (Lipinski definition) is 9. The van der Waals surface area contributed by atoms with E-state index in [0.29, 0.717) is 0 Å². The highest BCUT2D eigenvalue weighted by Gasteiger charge is 2.30. The van der Waals surface area contributed by atoms with Gasteiger partial charge in [-0.25, -0.2) is 15.1 Å². The number of nitrogens with two attached hydrogens (primary N) is 1. The van der Waals surface area contributed by atoms with Crippen molar-refractivity contribution in [3.8, 4) is 0 Å². The maximum atomic E-state index is 12.8. The molecule has 0 radical (unpaired) electrons. The van der Waals surface area contributed by atoms with Gasteiger partial charge in [0, 0.05) is 0 Å². The normalized spacial score (nSPS) is 13.0. The summed E-state index contributed by atoms with van der Waals surface area (Å²) in [6.07, 6.45) is -0.727. The van der Waals surface area contributed by atoms with Crippen LogP contribution in [0.1, 0.15) is 32.8 Å². The Kier molecular flexibility index (Phi) is 13.0. The fraction of sp³-hybridized carbons (Fsp3) is 0.455. The molecule has 0 unspecified atom stereocenters. The Morgan fingerprint density at radius 3 is 2.28 bits per heavy atom. The van der Waals surface area contributed by atoms with Crippen molar-refractivity contribution in [1.29, 1.82) is 5.41 Å². The fourth-order valence-corrected chi connectivity index (χ4v) is 3.34.